The first kappa shape index (κ1) is 12.4. The zero-order valence-electron chi connectivity index (χ0n) is 10.1. The average molecular weight is 215 g/mol. The molecule has 1 saturated heterocycles. The highest BCUT2D eigenvalue weighted by atomic mass is 32.2. The zero-order chi connectivity index (χ0) is 10.8. The number of rotatable bonds is 3. The van der Waals surface area contributed by atoms with Crippen molar-refractivity contribution in [3.8, 4) is 0 Å². The summed E-state index contributed by atoms with van der Waals surface area (Å²) >= 11 is 2.08. The van der Waals surface area contributed by atoms with Gasteiger partial charge in [-0.05, 0) is 43.8 Å². The molecule has 2 atom stereocenters. The molecule has 1 aliphatic heterocycles. The molecule has 14 heavy (non-hydrogen) atoms. The summed E-state index contributed by atoms with van der Waals surface area (Å²) in [5.74, 6) is 1.31. The van der Waals surface area contributed by atoms with Gasteiger partial charge in [0.05, 0.1) is 0 Å². The van der Waals surface area contributed by atoms with Gasteiger partial charge in [0.2, 0.25) is 0 Å². The Balaban J connectivity index is 2.37. The van der Waals surface area contributed by atoms with Gasteiger partial charge in [0.25, 0.3) is 0 Å². The Morgan fingerprint density at radius 3 is 2.50 bits per heavy atom. The minimum atomic E-state index is 0.366. The summed E-state index contributed by atoms with van der Waals surface area (Å²) < 4.78 is 0.366. The molecule has 1 aliphatic rings. The minimum absolute atomic E-state index is 0.366. The highest BCUT2D eigenvalue weighted by Gasteiger charge is 2.35. The highest BCUT2D eigenvalue weighted by Crippen LogP contribution is 2.41. The lowest BCUT2D eigenvalue weighted by Crippen LogP contribution is -2.41. The fraction of sp³-hybridized carbons (Fsp3) is 1.00. The average Bonchev–Trinajstić information content (AvgIpc) is 2.48. The van der Waals surface area contributed by atoms with Crippen molar-refractivity contribution in [2.75, 3.05) is 5.75 Å². The third-order valence-electron chi connectivity index (χ3n) is 3.24. The summed E-state index contributed by atoms with van der Waals surface area (Å²) in [6.07, 6.45) is 5.07. The van der Waals surface area contributed by atoms with E-state index in [2.05, 4.69) is 39.5 Å². The first-order chi connectivity index (χ1) is 6.33. The Bertz CT molecular complexity index is 177. The summed E-state index contributed by atoms with van der Waals surface area (Å²) in [4.78, 5) is 0. The van der Waals surface area contributed by atoms with E-state index >= 15 is 0 Å². The van der Waals surface area contributed by atoms with Crippen molar-refractivity contribution in [3.05, 3.63) is 0 Å². The molecule has 2 heteroatoms. The molecule has 1 fully saturated rings. The smallest absolute Gasteiger partial charge is 0.0283 e. The van der Waals surface area contributed by atoms with E-state index in [-0.39, 0.29) is 0 Å². The maximum atomic E-state index is 6.30. The first-order valence-corrected chi connectivity index (χ1v) is 6.72. The molecule has 0 saturated carbocycles. The van der Waals surface area contributed by atoms with Crippen LogP contribution in [0.5, 0.6) is 0 Å². The SMILES string of the molecule is CC(C)(C)CCC(N)C1(C)CCCS1. The van der Waals surface area contributed by atoms with Crippen molar-refractivity contribution in [2.45, 2.75) is 64.2 Å². The minimum Gasteiger partial charge on any atom is -0.326 e. The van der Waals surface area contributed by atoms with Crippen LogP contribution in [-0.4, -0.2) is 16.5 Å². The van der Waals surface area contributed by atoms with Crippen LogP contribution in [0.3, 0.4) is 0 Å². The van der Waals surface area contributed by atoms with Crippen LogP contribution >= 0.6 is 11.8 Å². The molecular formula is C12H25NS. The largest absolute Gasteiger partial charge is 0.326 e. The van der Waals surface area contributed by atoms with Crippen molar-refractivity contribution in [2.24, 2.45) is 11.1 Å². The van der Waals surface area contributed by atoms with Crippen LogP contribution in [0.4, 0.5) is 0 Å². The van der Waals surface area contributed by atoms with Gasteiger partial charge >= 0.3 is 0 Å². The topological polar surface area (TPSA) is 26.0 Å². The van der Waals surface area contributed by atoms with Gasteiger partial charge in [0.1, 0.15) is 0 Å². The molecule has 2 unspecified atom stereocenters. The van der Waals surface area contributed by atoms with Gasteiger partial charge in [-0.25, -0.2) is 0 Å². The maximum absolute atomic E-state index is 6.30. The van der Waals surface area contributed by atoms with E-state index < -0.39 is 0 Å². The normalized spacial score (nSPS) is 30.6. The van der Waals surface area contributed by atoms with E-state index in [1.807, 2.05) is 0 Å². The predicted molar refractivity (Wildman–Crippen MR) is 66.8 cm³/mol. The van der Waals surface area contributed by atoms with E-state index in [0.29, 0.717) is 16.2 Å². The Kier molecular flexibility index (Phi) is 3.93. The maximum Gasteiger partial charge on any atom is 0.0283 e. The summed E-state index contributed by atoms with van der Waals surface area (Å²) in [5.41, 5.74) is 6.73. The summed E-state index contributed by atoms with van der Waals surface area (Å²) in [6, 6.07) is 0.384. The third-order valence-corrected chi connectivity index (χ3v) is 4.90. The summed E-state index contributed by atoms with van der Waals surface area (Å²) in [7, 11) is 0. The second-order valence-electron chi connectivity index (χ2n) is 5.97. The van der Waals surface area contributed by atoms with Gasteiger partial charge in [0.15, 0.2) is 0 Å². The van der Waals surface area contributed by atoms with Crippen LogP contribution in [0.1, 0.15) is 53.4 Å². The molecule has 0 aliphatic carbocycles. The van der Waals surface area contributed by atoms with Crippen molar-refractivity contribution >= 4 is 11.8 Å². The van der Waals surface area contributed by atoms with E-state index in [0.717, 1.165) is 0 Å². The molecule has 0 spiro atoms. The quantitative estimate of drug-likeness (QED) is 0.780. The first-order valence-electron chi connectivity index (χ1n) is 5.73. The Morgan fingerprint density at radius 2 is 2.07 bits per heavy atom. The van der Waals surface area contributed by atoms with Gasteiger partial charge in [-0.3, -0.25) is 0 Å². The van der Waals surface area contributed by atoms with Crippen LogP contribution in [-0.2, 0) is 0 Å². The van der Waals surface area contributed by atoms with Gasteiger partial charge < -0.3 is 5.73 Å². The molecule has 1 rings (SSSR count). The van der Waals surface area contributed by atoms with Crippen molar-refractivity contribution in [3.63, 3.8) is 0 Å². The molecule has 0 radical (unpaired) electrons. The monoisotopic (exact) mass is 215 g/mol. The molecule has 1 nitrogen and oxygen atoms in total. The molecule has 1 heterocycles. The lowest BCUT2D eigenvalue weighted by Gasteiger charge is -2.32. The number of nitrogens with two attached hydrogens (primary N) is 1. The molecule has 0 aromatic carbocycles. The van der Waals surface area contributed by atoms with Crippen molar-refractivity contribution < 1.29 is 0 Å². The molecule has 2 N–H and O–H groups in total. The Labute approximate surface area is 93.2 Å². The zero-order valence-corrected chi connectivity index (χ0v) is 10.9. The number of hydrogen-bond acceptors (Lipinski definition) is 2. The fourth-order valence-corrected chi connectivity index (χ4v) is 3.36. The van der Waals surface area contributed by atoms with Gasteiger partial charge in [0, 0.05) is 10.8 Å². The van der Waals surface area contributed by atoms with Gasteiger partial charge in [-0.15, -0.1) is 0 Å². The third kappa shape index (κ3) is 3.47. The summed E-state index contributed by atoms with van der Waals surface area (Å²) in [5, 5.41) is 0. The fourth-order valence-electron chi connectivity index (χ4n) is 1.99. The van der Waals surface area contributed by atoms with Gasteiger partial charge in [-0.2, -0.15) is 11.8 Å². The second-order valence-corrected chi connectivity index (χ2v) is 7.60. The Hall–Kier alpha value is 0.310. The molecular weight excluding hydrogens is 190 g/mol. The van der Waals surface area contributed by atoms with Gasteiger partial charge in [-0.1, -0.05) is 20.8 Å². The lowest BCUT2D eigenvalue weighted by atomic mass is 9.85. The lowest BCUT2D eigenvalue weighted by molar-refractivity contribution is 0.327. The molecule has 0 amide bonds. The van der Waals surface area contributed by atoms with E-state index in [1.54, 1.807) is 0 Å². The van der Waals surface area contributed by atoms with E-state index in [4.69, 9.17) is 5.73 Å². The predicted octanol–water partition coefficient (Wildman–Crippen LogP) is 3.43. The second kappa shape index (κ2) is 4.44. The van der Waals surface area contributed by atoms with Crippen LogP contribution in [0.2, 0.25) is 0 Å². The molecule has 84 valence electrons. The van der Waals surface area contributed by atoms with E-state index in [1.165, 1.54) is 31.4 Å². The molecule has 0 bridgehead atoms. The Morgan fingerprint density at radius 1 is 1.43 bits per heavy atom. The van der Waals surface area contributed by atoms with Crippen molar-refractivity contribution in [1.82, 2.24) is 0 Å². The highest BCUT2D eigenvalue weighted by molar-refractivity contribution is 8.00. The van der Waals surface area contributed by atoms with E-state index in [9.17, 15) is 0 Å². The number of thioether (sulfide) groups is 1. The van der Waals surface area contributed by atoms with Crippen LogP contribution in [0.15, 0.2) is 0 Å². The van der Waals surface area contributed by atoms with Crippen LogP contribution < -0.4 is 5.73 Å². The number of hydrogen-bond donors (Lipinski definition) is 1. The van der Waals surface area contributed by atoms with Crippen LogP contribution in [0, 0.1) is 5.41 Å². The standard InChI is InChI=1S/C12H25NS/c1-11(2,3)8-6-10(13)12(4)7-5-9-14-12/h10H,5-9,13H2,1-4H3. The molecule has 0 aromatic rings. The van der Waals surface area contributed by atoms with Crippen LogP contribution in [0.25, 0.3) is 0 Å². The molecule has 0 aromatic heterocycles. The summed E-state index contributed by atoms with van der Waals surface area (Å²) in [6.45, 7) is 9.23. The van der Waals surface area contributed by atoms with Crippen molar-refractivity contribution in [1.29, 1.82) is 0 Å².